The average molecular weight is 422 g/mol. The lowest BCUT2D eigenvalue weighted by Gasteiger charge is -2.36. The van der Waals surface area contributed by atoms with E-state index < -0.39 is 0 Å². The van der Waals surface area contributed by atoms with E-state index in [9.17, 15) is 4.79 Å². The number of benzene rings is 1. The fraction of sp³-hybridized carbons (Fsp3) is 0.667. The third-order valence-corrected chi connectivity index (χ3v) is 8.52. The molecule has 168 valence electrons. The van der Waals surface area contributed by atoms with Crippen LogP contribution in [-0.4, -0.2) is 20.9 Å². The Morgan fingerprint density at radius 3 is 2.61 bits per heavy atom. The molecular formula is C27H39N3O. The van der Waals surface area contributed by atoms with Gasteiger partial charge in [-0.25, -0.2) is 0 Å². The molecular weight excluding hydrogens is 382 g/mol. The Labute approximate surface area is 187 Å². The summed E-state index contributed by atoms with van der Waals surface area (Å²) in [6.45, 7) is 16.1. The molecule has 4 heteroatoms. The largest absolute Gasteiger partial charge is 0.273 e. The van der Waals surface area contributed by atoms with Crippen LogP contribution in [0.5, 0.6) is 0 Å². The zero-order chi connectivity index (χ0) is 22.3. The van der Waals surface area contributed by atoms with Gasteiger partial charge in [-0.3, -0.25) is 4.79 Å². The Morgan fingerprint density at radius 1 is 1.19 bits per heavy atom. The lowest BCUT2D eigenvalue weighted by Crippen LogP contribution is -2.29. The van der Waals surface area contributed by atoms with Crippen LogP contribution in [0.3, 0.4) is 0 Å². The van der Waals surface area contributed by atoms with Crippen molar-refractivity contribution in [3.05, 3.63) is 36.4 Å². The van der Waals surface area contributed by atoms with Crippen LogP contribution in [-0.2, 0) is 0 Å². The SMILES string of the molecule is C=C(C)[C@H](CC1C(CCC(=O)n2nnc3ccccc32)C2CC2C1C(C)C)C(C)CC. The number of allylic oxidation sites excluding steroid dienone is 1. The molecule has 2 saturated carbocycles. The van der Waals surface area contributed by atoms with Crippen molar-refractivity contribution in [1.82, 2.24) is 15.0 Å². The number of nitrogens with zero attached hydrogens (tertiary/aromatic N) is 3. The van der Waals surface area contributed by atoms with E-state index in [4.69, 9.17) is 0 Å². The van der Waals surface area contributed by atoms with Crippen LogP contribution >= 0.6 is 0 Å². The summed E-state index contributed by atoms with van der Waals surface area (Å²) < 4.78 is 1.51. The molecule has 0 saturated heterocycles. The third-order valence-electron chi connectivity index (χ3n) is 8.52. The summed E-state index contributed by atoms with van der Waals surface area (Å²) in [5, 5.41) is 8.31. The number of para-hydroxylation sites is 1. The van der Waals surface area contributed by atoms with Crippen LogP contribution in [0.4, 0.5) is 0 Å². The van der Waals surface area contributed by atoms with Crippen molar-refractivity contribution >= 4 is 16.9 Å². The Kier molecular flexibility index (Phi) is 6.37. The first kappa shape index (κ1) is 22.2. The molecule has 0 spiro atoms. The molecule has 7 atom stereocenters. The van der Waals surface area contributed by atoms with Crippen molar-refractivity contribution in [3.63, 3.8) is 0 Å². The second-order valence-corrected chi connectivity index (χ2v) is 10.7. The summed E-state index contributed by atoms with van der Waals surface area (Å²) in [5.41, 5.74) is 2.94. The summed E-state index contributed by atoms with van der Waals surface area (Å²) in [6, 6.07) is 7.72. The quantitative estimate of drug-likeness (QED) is 0.427. The number of carbonyl (C=O) groups excluding carboxylic acids is 1. The highest BCUT2D eigenvalue weighted by Crippen LogP contribution is 2.66. The van der Waals surface area contributed by atoms with Gasteiger partial charge in [-0.2, -0.15) is 4.68 Å². The fourth-order valence-corrected chi connectivity index (χ4v) is 6.79. The van der Waals surface area contributed by atoms with E-state index >= 15 is 0 Å². The van der Waals surface area contributed by atoms with Gasteiger partial charge in [0.05, 0.1) is 5.52 Å². The molecule has 0 aliphatic heterocycles. The second kappa shape index (κ2) is 8.88. The van der Waals surface area contributed by atoms with Gasteiger partial charge in [0.2, 0.25) is 5.91 Å². The normalized spacial score (nSPS) is 29.2. The van der Waals surface area contributed by atoms with Crippen LogP contribution in [0.15, 0.2) is 36.4 Å². The van der Waals surface area contributed by atoms with Gasteiger partial charge >= 0.3 is 0 Å². The summed E-state index contributed by atoms with van der Waals surface area (Å²) in [6.07, 6.45) is 5.35. The molecule has 0 radical (unpaired) electrons. The van der Waals surface area contributed by atoms with Crippen molar-refractivity contribution in [2.24, 2.45) is 47.3 Å². The highest BCUT2D eigenvalue weighted by atomic mass is 16.2. The second-order valence-electron chi connectivity index (χ2n) is 10.7. The van der Waals surface area contributed by atoms with E-state index in [-0.39, 0.29) is 5.91 Å². The van der Waals surface area contributed by atoms with Crippen molar-refractivity contribution in [3.8, 4) is 0 Å². The topological polar surface area (TPSA) is 47.8 Å². The maximum Gasteiger partial charge on any atom is 0.248 e. The minimum Gasteiger partial charge on any atom is -0.273 e. The van der Waals surface area contributed by atoms with Gasteiger partial charge in [-0.1, -0.05) is 63.6 Å². The molecule has 0 N–H and O–H groups in total. The molecule has 6 unspecified atom stereocenters. The molecule has 4 nitrogen and oxygen atoms in total. The van der Waals surface area contributed by atoms with Gasteiger partial charge in [0.15, 0.2) is 0 Å². The van der Waals surface area contributed by atoms with E-state index in [2.05, 4.69) is 51.5 Å². The zero-order valence-electron chi connectivity index (χ0n) is 19.9. The first-order valence-electron chi connectivity index (χ1n) is 12.3. The van der Waals surface area contributed by atoms with Crippen molar-refractivity contribution in [2.45, 2.75) is 66.7 Å². The highest BCUT2D eigenvalue weighted by molar-refractivity contribution is 5.88. The lowest BCUT2D eigenvalue weighted by atomic mass is 9.69. The minimum absolute atomic E-state index is 0.0797. The molecule has 2 aliphatic rings. The van der Waals surface area contributed by atoms with Gasteiger partial charge in [-0.15, -0.1) is 5.10 Å². The zero-order valence-corrected chi connectivity index (χ0v) is 19.9. The summed E-state index contributed by atoms with van der Waals surface area (Å²) >= 11 is 0. The molecule has 4 rings (SSSR count). The molecule has 1 aromatic heterocycles. The van der Waals surface area contributed by atoms with E-state index in [1.54, 1.807) is 0 Å². The number of aromatic nitrogens is 3. The molecule has 0 amide bonds. The number of hydrogen-bond acceptors (Lipinski definition) is 3. The average Bonchev–Trinajstić information content (AvgIpc) is 3.27. The standard InChI is InChI=1S/C27H39N3O/c1-7-18(6)20(16(2)3)14-22-19(21-15-23(21)27(22)17(4)5)12-13-26(31)30-25-11-9-8-10-24(25)28-29-30/h8-11,17-23,27H,2,7,12-15H2,1,3-6H3/t18?,19?,20-,21?,22?,23?,27?/m0/s1. The van der Waals surface area contributed by atoms with Crippen LogP contribution in [0.2, 0.25) is 0 Å². The maximum absolute atomic E-state index is 13.1. The Balaban J connectivity index is 1.50. The smallest absolute Gasteiger partial charge is 0.248 e. The van der Waals surface area contributed by atoms with Crippen LogP contribution in [0.25, 0.3) is 11.0 Å². The molecule has 1 aromatic carbocycles. The highest BCUT2D eigenvalue weighted by Gasteiger charge is 2.59. The summed E-state index contributed by atoms with van der Waals surface area (Å²) in [7, 11) is 0. The Hall–Kier alpha value is -1.97. The predicted octanol–water partition coefficient (Wildman–Crippen LogP) is 6.63. The van der Waals surface area contributed by atoms with Gasteiger partial charge in [0.25, 0.3) is 0 Å². The van der Waals surface area contributed by atoms with Crippen molar-refractivity contribution in [1.29, 1.82) is 0 Å². The molecule has 1 heterocycles. The molecule has 2 fully saturated rings. The molecule has 2 aromatic rings. The number of hydrogen-bond donors (Lipinski definition) is 0. The van der Waals surface area contributed by atoms with E-state index in [0.29, 0.717) is 36.0 Å². The van der Waals surface area contributed by atoms with E-state index in [0.717, 1.165) is 35.2 Å². The Morgan fingerprint density at radius 2 is 1.94 bits per heavy atom. The van der Waals surface area contributed by atoms with Crippen molar-refractivity contribution < 1.29 is 4.79 Å². The van der Waals surface area contributed by atoms with Crippen LogP contribution in [0, 0.1) is 47.3 Å². The third kappa shape index (κ3) is 4.23. The first-order valence-corrected chi connectivity index (χ1v) is 12.3. The minimum atomic E-state index is 0.0797. The number of carbonyl (C=O) groups is 1. The van der Waals surface area contributed by atoms with Gasteiger partial charge in [0.1, 0.15) is 5.52 Å². The lowest BCUT2D eigenvalue weighted by molar-refractivity contribution is 0.0862. The van der Waals surface area contributed by atoms with Gasteiger partial charge in [0, 0.05) is 6.42 Å². The van der Waals surface area contributed by atoms with Crippen molar-refractivity contribution in [2.75, 3.05) is 0 Å². The van der Waals surface area contributed by atoms with E-state index in [1.165, 1.54) is 29.5 Å². The fourth-order valence-electron chi connectivity index (χ4n) is 6.79. The van der Waals surface area contributed by atoms with E-state index in [1.807, 2.05) is 24.3 Å². The van der Waals surface area contributed by atoms with Crippen LogP contribution in [0.1, 0.15) is 71.5 Å². The molecule has 0 bridgehead atoms. The summed E-state index contributed by atoms with van der Waals surface area (Å²) in [5.74, 6) is 5.90. The van der Waals surface area contributed by atoms with Gasteiger partial charge in [-0.05, 0) is 85.7 Å². The molecule has 31 heavy (non-hydrogen) atoms. The monoisotopic (exact) mass is 421 g/mol. The van der Waals surface area contributed by atoms with Gasteiger partial charge < -0.3 is 0 Å². The predicted molar refractivity (Wildman–Crippen MR) is 127 cm³/mol. The Bertz CT molecular complexity index is 945. The number of fused-ring (bicyclic) bond motifs is 2. The van der Waals surface area contributed by atoms with Crippen LogP contribution < -0.4 is 0 Å². The maximum atomic E-state index is 13.1. The number of rotatable bonds is 9. The molecule has 2 aliphatic carbocycles. The first-order chi connectivity index (χ1) is 14.8. The summed E-state index contributed by atoms with van der Waals surface area (Å²) in [4.78, 5) is 13.1.